The Balaban J connectivity index is 2.37. The summed E-state index contributed by atoms with van der Waals surface area (Å²) in [6, 6.07) is 9.77. The van der Waals surface area contributed by atoms with Gasteiger partial charge in [0.2, 0.25) is 0 Å². The van der Waals surface area contributed by atoms with Crippen molar-refractivity contribution in [2.45, 2.75) is 11.8 Å². The fraction of sp³-hybridized carbons (Fsp3) is 0.0769. The first-order chi connectivity index (χ1) is 9.79. The first kappa shape index (κ1) is 15.3. The number of nitro benzene ring substituents is 1. The molecule has 0 radical (unpaired) electrons. The van der Waals surface area contributed by atoms with Crippen LogP contribution in [0.1, 0.15) is 5.56 Å². The minimum atomic E-state index is -3.91. The lowest BCUT2D eigenvalue weighted by Crippen LogP contribution is -2.13. The number of hydrogen-bond donors (Lipinski definition) is 1. The van der Waals surface area contributed by atoms with E-state index in [1.54, 1.807) is 13.0 Å². The summed E-state index contributed by atoms with van der Waals surface area (Å²) in [6.07, 6.45) is 0. The summed E-state index contributed by atoms with van der Waals surface area (Å²) >= 11 is 5.93. The first-order valence-corrected chi connectivity index (χ1v) is 7.69. The van der Waals surface area contributed by atoms with E-state index in [1.165, 1.54) is 30.3 Å². The van der Waals surface area contributed by atoms with Crippen molar-refractivity contribution in [3.05, 3.63) is 63.2 Å². The first-order valence-electron chi connectivity index (χ1n) is 5.83. The van der Waals surface area contributed by atoms with E-state index in [0.29, 0.717) is 0 Å². The fourth-order valence-electron chi connectivity index (χ4n) is 1.72. The maximum atomic E-state index is 12.2. The topological polar surface area (TPSA) is 89.3 Å². The molecule has 0 bridgehead atoms. The van der Waals surface area contributed by atoms with Crippen LogP contribution < -0.4 is 4.72 Å². The highest BCUT2D eigenvalue weighted by Crippen LogP contribution is 2.26. The van der Waals surface area contributed by atoms with Gasteiger partial charge in [0.05, 0.1) is 15.6 Å². The zero-order valence-corrected chi connectivity index (χ0v) is 12.5. The van der Waals surface area contributed by atoms with Crippen molar-refractivity contribution in [3.63, 3.8) is 0 Å². The van der Waals surface area contributed by atoms with Crippen molar-refractivity contribution in [1.82, 2.24) is 0 Å². The smallest absolute Gasteiger partial charge is 0.271 e. The number of nitro groups is 1. The van der Waals surface area contributed by atoms with Crippen LogP contribution in [-0.4, -0.2) is 13.3 Å². The van der Waals surface area contributed by atoms with E-state index in [0.717, 1.165) is 11.6 Å². The van der Waals surface area contributed by atoms with Gasteiger partial charge in [-0.3, -0.25) is 14.8 Å². The van der Waals surface area contributed by atoms with Crippen LogP contribution in [0.15, 0.2) is 47.4 Å². The Morgan fingerprint density at radius 1 is 1.19 bits per heavy atom. The summed E-state index contributed by atoms with van der Waals surface area (Å²) in [7, 11) is -3.91. The van der Waals surface area contributed by atoms with Gasteiger partial charge in [0.15, 0.2) is 0 Å². The molecule has 0 aliphatic heterocycles. The summed E-state index contributed by atoms with van der Waals surface area (Å²) in [5.74, 6) is 0. The van der Waals surface area contributed by atoms with E-state index in [-0.39, 0.29) is 21.3 Å². The van der Waals surface area contributed by atoms with Gasteiger partial charge in [-0.25, -0.2) is 8.42 Å². The molecule has 0 aliphatic rings. The third-order valence-electron chi connectivity index (χ3n) is 2.69. The molecule has 2 rings (SSSR count). The number of nitrogens with zero attached hydrogens (tertiary/aromatic N) is 1. The molecular weight excluding hydrogens is 316 g/mol. The van der Waals surface area contributed by atoms with Gasteiger partial charge in [-0.15, -0.1) is 0 Å². The molecule has 0 atom stereocenters. The Labute approximate surface area is 126 Å². The quantitative estimate of drug-likeness (QED) is 0.689. The molecule has 0 aliphatic carbocycles. The van der Waals surface area contributed by atoms with E-state index in [9.17, 15) is 18.5 Å². The van der Waals surface area contributed by atoms with Gasteiger partial charge in [0.25, 0.3) is 15.7 Å². The molecule has 1 N–H and O–H groups in total. The summed E-state index contributed by atoms with van der Waals surface area (Å²) < 4.78 is 26.8. The molecule has 0 heterocycles. The average Bonchev–Trinajstić information content (AvgIpc) is 2.37. The normalized spacial score (nSPS) is 11.1. The fourth-order valence-corrected chi connectivity index (χ4v) is 3.37. The Bertz CT molecular complexity index is 806. The lowest BCUT2D eigenvalue weighted by Gasteiger charge is -2.09. The van der Waals surface area contributed by atoms with Crippen LogP contribution in [0.25, 0.3) is 0 Å². The summed E-state index contributed by atoms with van der Waals surface area (Å²) in [4.78, 5) is 10.0. The van der Waals surface area contributed by atoms with Gasteiger partial charge in [-0.05, 0) is 30.7 Å². The third kappa shape index (κ3) is 3.50. The molecule has 0 unspecified atom stereocenters. The highest BCUT2D eigenvalue weighted by atomic mass is 35.5. The molecule has 110 valence electrons. The highest BCUT2D eigenvalue weighted by molar-refractivity contribution is 7.92. The second-order valence-electron chi connectivity index (χ2n) is 4.35. The van der Waals surface area contributed by atoms with Crippen LogP contribution in [0.2, 0.25) is 5.02 Å². The van der Waals surface area contributed by atoms with Gasteiger partial charge in [0.1, 0.15) is 4.90 Å². The van der Waals surface area contributed by atoms with Gasteiger partial charge >= 0.3 is 0 Å². The number of non-ortho nitro benzene ring substituents is 1. The molecule has 21 heavy (non-hydrogen) atoms. The molecule has 0 aromatic heterocycles. The van der Waals surface area contributed by atoms with Crippen LogP contribution in [0.5, 0.6) is 0 Å². The molecule has 6 nitrogen and oxygen atoms in total. The second kappa shape index (κ2) is 5.71. The standard InChI is InChI=1S/C13H11ClN2O4S/c1-9-5-6-13(12(14)7-9)21(19,20)15-10-3-2-4-11(8-10)16(17)18/h2-8,15H,1H3. The van der Waals surface area contributed by atoms with Crippen LogP contribution in [0.4, 0.5) is 11.4 Å². The summed E-state index contributed by atoms with van der Waals surface area (Å²) in [5.41, 5.74) is 0.723. The van der Waals surface area contributed by atoms with Crippen molar-refractivity contribution in [3.8, 4) is 0 Å². The van der Waals surface area contributed by atoms with Crippen molar-refractivity contribution >= 4 is 33.0 Å². The Morgan fingerprint density at radius 2 is 1.90 bits per heavy atom. The van der Waals surface area contributed by atoms with E-state index < -0.39 is 14.9 Å². The summed E-state index contributed by atoms with van der Waals surface area (Å²) in [6.45, 7) is 1.79. The van der Waals surface area contributed by atoms with Crippen molar-refractivity contribution in [1.29, 1.82) is 0 Å². The number of benzene rings is 2. The average molecular weight is 327 g/mol. The maximum Gasteiger partial charge on any atom is 0.271 e. The van der Waals surface area contributed by atoms with Crippen LogP contribution in [0.3, 0.4) is 0 Å². The van der Waals surface area contributed by atoms with E-state index >= 15 is 0 Å². The van der Waals surface area contributed by atoms with Crippen LogP contribution in [-0.2, 0) is 10.0 Å². The molecule has 2 aromatic carbocycles. The predicted molar refractivity (Wildman–Crippen MR) is 80.1 cm³/mol. The molecular formula is C13H11ClN2O4S. The Hall–Kier alpha value is -2.12. The maximum absolute atomic E-state index is 12.2. The third-order valence-corrected chi connectivity index (χ3v) is 4.55. The van der Waals surface area contributed by atoms with Gasteiger partial charge in [0, 0.05) is 12.1 Å². The van der Waals surface area contributed by atoms with Gasteiger partial charge < -0.3 is 0 Å². The zero-order chi connectivity index (χ0) is 15.6. The lowest BCUT2D eigenvalue weighted by atomic mass is 10.2. The molecule has 2 aromatic rings. The molecule has 0 spiro atoms. The largest absolute Gasteiger partial charge is 0.279 e. The molecule has 0 saturated carbocycles. The van der Waals surface area contributed by atoms with E-state index in [2.05, 4.69) is 4.72 Å². The van der Waals surface area contributed by atoms with Crippen molar-refractivity contribution < 1.29 is 13.3 Å². The number of aryl methyl sites for hydroxylation is 1. The van der Waals surface area contributed by atoms with Crippen molar-refractivity contribution in [2.24, 2.45) is 0 Å². The SMILES string of the molecule is Cc1ccc(S(=O)(=O)Nc2cccc([N+](=O)[O-])c2)c(Cl)c1. The zero-order valence-electron chi connectivity index (χ0n) is 10.9. The van der Waals surface area contributed by atoms with E-state index in [4.69, 9.17) is 11.6 Å². The lowest BCUT2D eigenvalue weighted by molar-refractivity contribution is -0.384. The highest BCUT2D eigenvalue weighted by Gasteiger charge is 2.19. The Morgan fingerprint density at radius 3 is 2.52 bits per heavy atom. The number of anilines is 1. The molecule has 0 fully saturated rings. The van der Waals surface area contributed by atoms with E-state index in [1.807, 2.05) is 0 Å². The predicted octanol–water partition coefficient (Wildman–Crippen LogP) is 3.36. The molecule has 0 saturated heterocycles. The number of halogens is 1. The van der Waals surface area contributed by atoms with Crippen LogP contribution >= 0.6 is 11.6 Å². The second-order valence-corrected chi connectivity index (χ2v) is 6.40. The number of sulfonamides is 1. The van der Waals surface area contributed by atoms with Crippen LogP contribution in [0, 0.1) is 17.0 Å². The molecule has 0 amide bonds. The Kier molecular flexibility index (Phi) is 4.15. The minimum Gasteiger partial charge on any atom is -0.279 e. The molecule has 8 heteroatoms. The number of hydrogen-bond acceptors (Lipinski definition) is 4. The monoisotopic (exact) mass is 326 g/mol. The number of rotatable bonds is 4. The number of nitrogens with one attached hydrogen (secondary N) is 1. The summed E-state index contributed by atoms with van der Waals surface area (Å²) in [5, 5.41) is 10.8. The minimum absolute atomic E-state index is 0.0822. The van der Waals surface area contributed by atoms with Crippen molar-refractivity contribution in [2.75, 3.05) is 4.72 Å². The van der Waals surface area contributed by atoms with Gasteiger partial charge in [-0.1, -0.05) is 23.7 Å². The van der Waals surface area contributed by atoms with Gasteiger partial charge in [-0.2, -0.15) is 0 Å².